The second kappa shape index (κ2) is 5.80. The van der Waals surface area contributed by atoms with Crippen molar-refractivity contribution < 1.29 is 4.92 Å². The molecule has 0 atom stereocenters. The van der Waals surface area contributed by atoms with E-state index in [-0.39, 0.29) is 5.69 Å². The van der Waals surface area contributed by atoms with Gasteiger partial charge in [0.15, 0.2) is 5.82 Å². The number of nitrogens with one attached hydrogen (secondary N) is 1. The van der Waals surface area contributed by atoms with E-state index in [0.29, 0.717) is 12.4 Å². The molecule has 0 aliphatic heterocycles. The molecular formula is C13H11N5O2S. The van der Waals surface area contributed by atoms with Crippen LogP contribution in [0.2, 0.25) is 0 Å². The average molecular weight is 301 g/mol. The average Bonchev–Trinajstić information content (AvgIpc) is 2.97. The summed E-state index contributed by atoms with van der Waals surface area (Å²) in [4.78, 5) is 23.6. The molecule has 0 saturated heterocycles. The van der Waals surface area contributed by atoms with Gasteiger partial charge in [0.2, 0.25) is 0 Å². The van der Waals surface area contributed by atoms with Crippen LogP contribution in [0.4, 0.5) is 11.5 Å². The van der Waals surface area contributed by atoms with E-state index in [0.717, 1.165) is 22.3 Å². The second-order valence-corrected chi connectivity index (χ2v) is 5.16. The van der Waals surface area contributed by atoms with E-state index < -0.39 is 4.92 Å². The van der Waals surface area contributed by atoms with Crippen LogP contribution in [-0.4, -0.2) is 26.4 Å². The molecule has 8 heteroatoms. The lowest BCUT2D eigenvalue weighted by Crippen LogP contribution is -2.07. The number of anilines is 1. The maximum absolute atomic E-state index is 10.6. The summed E-state index contributed by atoms with van der Waals surface area (Å²) in [6, 6.07) is 6.55. The van der Waals surface area contributed by atoms with Crippen LogP contribution in [0.3, 0.4) is 0 Å². The number of fused-ring (bicyclic) bond motifs is 1. The van der Waals surface area contributed by atoms with Gasteiger partial charge in [-0.05, 0) is 12.0 Å². The number of nitrogens with zero attached hydrogens (tertiary/aromatic N) is 4. The first-order valence-corrected chi connectivity index (χ1v) is 7.13. The zero-order valence-electron chi connectivity index (χ0n) is 10.9. The van der Waals surface area contributed by atoms with Gasteiger partial charge >= 0.3 is 0 Å². The quantitative estimate of drug-likeness (QED) is 0.575. The number of hydrogen-bond acceptors (Lipinski definition) is 7. The maximum Gasteiger partial charge on any atom is 0.269 e. The summed E-state index contributed by atoms with van der Waals surface area (Å²) in [5, 5.41) is 13.8. The summed E-state index contributed by atoms with van der Waals surface area (Å²) in [5.74, 6) is 0.711. The number of non-ortho nitro benzene ring substituents is 1. The second-order valence-electron chi connectivity index (χ2n) is 4.33. The van der Waals surface area contributed by atoms with E-state index in [1.807, 2.05) is 0 Å². The van der Waals surface area contributed by atoms with Crippen LogP contribution in [0.1, 0.15) is 5.56 Å². The van der Waals surface area contributed by atoms with E-state index in [2.05, 4.69) is 20.3 Å². The highest BCUT2D eigenvalue weighted by molar-refractivity contribution is 7.16. The molecule has 0 aliphatic rings. The highest BCUT2D eigenvalue weighted by Crippen LogP contribution is 2.20. The molecule has 0 unspecified atom stereocenters. The molecule has 0 bridgehead atoms. The fourth-order valence-electron chi connectivity index (χ4n) is 1.93. The van der Waals surface area contributed by atoms with E-state index in [1.54, 1.807) is 17.6 Å². The Morgan fingerprint density at radius 2 is 2.00 bits per heavy atom. The van der Waals surface area contributed by atoms with Crippen LogP contribution in [-0.2, 0) is 6.42 Å². The van der Waals surface area contributed by atoms with Gasteiger partial charge in [-0.1, -0.05) is 12.1 Å². The first-order chi connectivity index (χ1) is 10.2. The summed E-state index contributed by atoms with van der Waals surface area (Å²) in [7, 11) is 0. The molecule has 106 valence electrons. The van der Waals surface area contributed by atoms with Crippen molar-refractivity contribution in [3.63, 3.8) is 0 Å². The molecule has 2 aromatic heterocycles. The summed E-state index contributed by atoms with van der Waals surface area (Å²) in [5.41, 5.74) is 3.63. The zero-order chi connectivity index (χ0) is 14.7. The minimum Gasteiger partial charge on any atom is -0.368 e. The molecule has 0 aliphatic carbocycles. The molecule has 3 rings (SSSR count). The number of thiazole rings is 1. The van der Waals surface area contributed by atoms with Gasteiger partial charge in [-0.15, -0.1) is 11.3 Å². The van der Waals surface area contributed by atoms with E-state index >= 15 is 0 Å². The van der Waals surface area contributed by atoms with Crippen molar-refractivity contribution in [2.45, 2.75) is 6.42 Å². The number of nitro benzene ring substituents is 1. The highest BCUT2D eigenvalue weighted by Gasteiger charge is 2.06. The van der Waals surface area contributed by atoms with Crippen molar-refractivity contribution in [3.05, 3.63) is 51.8 Å². The lowest BCUT2D eigenvalue weighted by atomic mass is 10.1. The van der Waals surface area contributed by atoms with Gasteiger partial charge < -0.3 is 5.32 Å². The van der Waals surface area contributed by atoms with Gasteiger partial charge in [-0.25, -0.2) is 15.0 Å². The molecule has 0 fully saturated rings. The predicted octanol–water partition coefficient (Wildman–Crippen LogP) is 2.65. The first kappa shape index (κ1) is 13.4. The van der Waals surface area contributed by atoms with Crippen molar-refractivity contribution in [1.82, 2.24) is 15.0 Å². The van der Waals surface area contributed by atoms with Gasteiger partial charge in [0.05, 0.1) is 10.4 Å². The highest BCUT2D eigenvalue weighted by atomic mass is 32.1. The molecule has 0 amide bonds. The minimum absolute atomic E-state index is 0.103. The Morgan fingerprint density at radius 3 is 2.76 bits per heavy atom. The number of hydrogen-bond donors (Lipinski definition) is 1. The first-order valence-electron chi connectivity index (χ1n) is 6.25. The van der Waals surface area contributed by atoms with E-state index in [9.17, 15) is 10.1 Å². The smallest absolute Gasteiger partial charge is 0.269 e. The molecule has 0 radical (unpaired) electrons. The van der Waals surface area contributed by atoms with Crippen LogP contribution in [0.5, 0.6) is 0 Å². The molecule has 0 saturated carbocycles. The third-order valence-corrected chi connectivity index (χ3v) is 3.72. The lowest BCUT2D eigenvalue weighted by Gasteiger charge is -2.05. The van der Waals surface area contributed by atoms with Crippen LogP contribution in [0.15, 0.2) is 36.1 Å². The molecule has 2 heterocycles. The summed E-state index contributed by atoms with van der Waals surface area (Å²) < 4.78 is 0. The molecular weight excluding hydrogens is 290 g/mol. The van der Waals surface area contributed by atoms with Gasteiger partial charge in [-0.3, -0.25) is 10.1 Å². The summed E-state index contributed by atoms with van der Waals surface area (Å²) in [6.07, 6.45) is 2.25. The van der Waals surface area contributed by atoms with Gasteiger partial charge in [0, 0.05) is 18.7 Å². The fraction of sp³-hybridized carbons (Fsp3) is 0.154. The maximum atomic E-state index is 10.6. The van der Waals surface area contributed by atoms with E-state index in [4.69, 9.17) is 0 Å². The third-order valence-electron chi connectivity index (χ3n) is 2.99. The number of benzene rings is 1. The topological polar surface area (TPSA) is 93.8 Å². The van der Waals surface area contributed by atoms with Crippen LogP contribution >= 0.6 is 11.3 Å². The molecule has 1 aromatic carbocycles. The van der Waals surface area contributed by atoms with Gasteiger partial charge in [0.25, 0.3) is 5.69 Å². The van der Waals surface area contributed by atoms with Crippen LogP contribution < -0.4 is 5.32 Å². The van der Waals surface area contributed by atoms with E-state index in [1.165, 1.54) is 29.8 Å². The molecule has 1 N–H and O–H groups in total. The number of aromatic nitrogens is 3. The Bertz CT molecular complexity index is 772. The molecule has 7 nitrogen and oxygen atoms in total. The Kier molecular flexibility index (Phi) is 3.69. The SMILES string of the molecule is O=[N+]([O-])c1ccc(CCNc2ncnc3scnc23)cc1. The molecule has 21 heavy (non-hydrogen) atoms. The number of nitro groups is 1. The Labute approximate surface area is 123 Å². The monoisotopic (exact) mass is 301 g/mol. The van der Waals surface area contributed by atoms with Crippen molar-refractivity contribution in [1.29, 1.82) is 0 Å². The lowest BCUT2D eigenvalue weighted by molar-refractivity contribution is -0.384. The largest absolute Gasteiger partial charge is 0.368 e. The Morgan fingerprint density at radius 1 is 1.19 bits per heavy atom. The van der Waals surface area contributed by atoms with Crippen LogP contribution in [0.25, 0.3) is 10.3 Å². The summed E-state index contributed by atoms with van der Waals surface area (Å²) in [6.45, 7) is 0.668. The molecule has 0 spiro atoms. The minimum atomic E-state index is -0.401. The van der Waals surface area contributed by atoms with Crippen LogP contribution in [0, 0.1) is 10.1 Å². The standard InChI is InChI=1S/C13H11N5O2S/c19-18(20)10-3-1-9(2-4-10)5-6-14-12-11-13(16-7-15-12)21-8-17-11/h1-4,7-8H,5-6H2,(H,14,15,16). The predicted molar refractivity (Wildman–Crippen MR) is 80.5 cm³/mol. The Hall–Kier alpha value is -2.61. The Balaban J connectivity index is 1.63. The van der Waals surface area contributed by atoms with Crippen molar-refractivity contribution in [3.8, 4) is 0 Å². The third kappa shape index (κ3) is 2.95. The zero-order valence-corrected chi connectivity index (χ0v) is 11.7. The van der Waals surface area contributed by atoms with Gasteiger partial charge in [0.1, 0.15) is 16.7 Å². The molecule has 3 aromatic rings. The van der Waals surface area contributed by atoms with Crippen molar-refractivity contribution in [2.75, 3.05) is 11.9 Å². The number of rotatable bonds is 5. The van der Waals surface area contributed by atoms with Crippen molar-refractivity contribution in [2.24, 2.45) is 0 Å². The fourth-order valence-corrected chi connectivity index (χ4v) is 2.56. The van der Waals surface area contributed by atoms with Gasteiger partial charge in [-0.2, -0.15) is 0 Å². The van der Waals surface area contributed by atoms with Crippen molar-refractivity contribution >= 4 is 33.2 Å². The normalized spacial score (nSPS) is 10.7. The summed E-state index contributed by atoms with van der Waals surface area (Å²) >= 11 is 1.47.